The maximum Gasteiger partial charge on any atom is 0.324 e. The first-order valence-corrected chi connectivity index (χ1v) is 8.09. The Morgan fingerprint density at radius 2 is 2.20 bits per heavy atom. The lowest BCUT2D eigenvalue weighted by Gasteiger charge is -2.37. The molecule has 1 aromatic carbocycles. The molecule has 0 saturated carbocycles. The number of carbonyl (C=O) groups excluding carboxylic acids is 1. The average Bonchev–Trinajstić information content (AvgIpc) is 2.79. The minimum absolute atomic E-state index is 0.106. The van der Waals surface area contributed by atoms with Gasteiger partial charge in [0.15, 0.2) is 0 Å². The highest BCUT2D eigenvalue weighted by Crippen LogP contribution is 2.45. The highest BCUT2D eigenvalue weighted by molar-refractivity contribution is 14.1. The lowest BCUT2D eigenvalue weighted by molar-refractivity contribution is -0.197. The summed E-state index contributed by atoms with van der Waals surface area (Å²) < 4.78 is 7.08. The number of hydroxylamine groups is 2. The highest BCUT2D eigenvalue weighted by atomic mass is 127. The van der Waals surface area contributed by atoms with Gasteiger partial charge in [0.1, 0.15) is 5.75 Å². The van der Waals surface area contributed by atoms with Crippen molar-refractivity contribution in [1.29, 1.82) is 0 Å². The Kier molecular flexibility index (Phi) is 3.90. The first-order chi connectivity index (χ1) is 9.63. The topological polar surface area (TPSA) is 38.8 Å². The number of hydrogen-bond donors (Lipinski definition) is 0. The number of rotatable bonds is 2. The fraction of sp³-hybridized carbons (Fsp3) is 0.533. The molecule has 1 fully saturated rings. The van der Waals surface area contributed by atoms with E-state index in [4.69, 9.17) is 9.57 Å². The van der Waals surface area contributed by atoms with Gasteiger partial charge in [0.2, 0.25) is 0 Å². The third-order valence-corrected chi connectivity index (χ3v) is 4.89. The molecule has 1 saturated heterocycles. The van der Waals surface area contributed by atoms with Crippen molar-refractivity contribution in [2.24, 2.45) is 0 Å². The Balaban J connectivity index is 1.71. The van der Waals surface area contributed by atoms with Gasteiger partial charge in [-0.1, -0.05) is 13.0 Å². The molecule has 0 unspecified atom stereocenters. The van der Waals surface area contributed by atoms with Crippen molar-refractivity contribution < 1.29 is 14.4 Å². The standard InChI is InChI=1S/C15H18INO3/c1-2-14(18)20-17-7-5-15(6-8-17)10-19-13-9-11(16)3-4-12(13)15/h3-4,9H,2,5-8,10H2,1H3. The molecule has 2 aliphatic rings. The van der Waals surface area contributed by atoms with Gasteiger partial charge in [-0.2, -0.15) is 0 Å². The molecule has 0 aliphatic carbocycles. The largest absolute Gasteiger partial charge is 0.492 e. The van der Waals surface area contributed by atoms with E-state index < -0.39 is 0 Å². The van der Waals surface area contributed by atoms with Crippen LogP contribution in [0.2, 0.25) is 0 Å². The number of carbonyl (C=O) groups is 1. The molecule has 5 heteroatoms. The summed E-state index contributed by atoms with van der Waals surface area (Å²) in [5, 5.41) is 1.79. The van der Waals surface area contributed by atoms with Gasteiger partial charge in [0, 0.05) is 34.1 Å². The summed E-state index contributed by atoms with van der Waals surface area (Å²) in [6.45, 7) is 4.12. The number of piperidine rings is 1. The Labute approximate surface area is 132 Å². The normalized spacial score (nSPS) is 20.5. The third kappa shape index (κ3) is 2.53. The van der Waals surface area contributed by atoms with Crippen LogP contribution in [0.3, 0.4) is 0 Å². The van der Waals surface area contributed by atoms with E-state index in [1.165, 1.54) is 9.13 Å². The van der Waals surface area contributed by atoms with Crippen molar-refractivity contribution in [2.75, 3.05) is 19.7 Å². The number of hydrogen-bond acceptors (Lipinski definition) is 4. The van der Waals surface area contributed by atoms with Crippen LogP contribution >= 0.6 is 22.6 Å². The number of benzene rings is 1. The van der Waals surface area contributed by atoms with E-state index in [-0.39, 0.29) is 11.4 Å². The molecule has 0 atom stereocenters. The van der Waals surface area contributed by atoms with Crippen LogP contribution in [0.25, 0.3) is 0 Å². The van der Waals surface area contributed by atoms with Gasteiger partial charge < -0.3 is 9.57 Å². The number of fused-ring (bicyclic) bond motifs is 2. The predicted octanol–water partition coefficient (Wildman–Crippen LogP) is 2.89. The summed E-state index contributed by atoms with van der Waals surface area (Å²) in [5.74, 6) is 0.870. The van der Waals surface area contributed by atoms with Crippen molar-refractivity contribution in [1.82, 2.24) is 5.06 Å². The first kappa shape index (κ1) is 14.1. The van der Waals surface area contributed by atoms with Gasteiger partial charge in [0.25, 0.3) is 0 Å². The summed E-state index contributed by atoms with van der Waals surface area (Å²) >= 11 is 2.31. The molecule has 1 spiro atoms. The van der Waals surface area contributed by atoms with Crippen LogP contribution in [0.15, 0.2) is 18.2 Å². The van der Waals surface area contributed by atoms with E-state index >= 15 is 0 Å². The van der Waals surface area contributed by atoms with Gasteiger partial charge >= 0.3 is 5.97 Å². The van der Waals surface area contributed by atoms with Crippen molar-refractivity contribution in [2.45, 2.75) is 31.6 Å². The molecule has 4 nitrogen and oxygen atoms in total. The second-order valence-electron chi connectivity index (χ2n) is 5.46. The van der Waals surface area contributed by atoms with Crippen molar-refractivity contribution in [3.63, 3.8) is 0 Å². The van der Waals surface area contributed by atoms with Crippen LogP contribution < -0.4 is 4.74 Å². The third-order valence-electron chi connectivity index (χ3n) is 4.22. The van der Waals surface area contributed by atoms with E-state index in [2.05, 4.69) is 40.8 Å². The SMILES string of the molecule is CCC(=O)ON1CCC2(CC1)COc1cc(I)ccc12. The summed E-state index contributed by atoms with van der Waals surface area (Å²) in [6, 6.07) is 6.44. The number of nitrogens with zero attached hydrogens (tertiary/aromatic N) is 1. The molecule has 0 amide bonds. The second kappa shape index (κ2) is 5.52. The quantitative estimate of drug-likeness (QED) is 0.732. The minimum Gasteiger partial charge on any atom is -0.492 e. The summed E-state index contributed by atoms with van der Waals surface area (Å²) in [4.78, 5) is 16.6. The molecule has 0 aromatic heterocycles. The second-order valence-corrected chi connectivity index (χ2v) is 6.70. The monoisotopic (exact) mass is 387 g/mol. The van der Waals surface area contributed by atoms with Gasteiger partial charge in [-0.25, -0.2) is 0 Å². The van der Waals surface area contributed by atoms with Crippen LogP contribution in [0.1, 0.15) is 31.7 Å². The molecule has 2 aliphatic heterocycles. The average molecular weight is 387 g/mol. The Bertz CT molecular complexity index is 524. The highest BCUT2D eigenvalue weighted by Gasteiger charge is 2.43. The van der Waals surface area contributed by atoms with E-state index in [1.54, 1.807) is 5.06 Å². The maximum atomic E-state index is 11.3. The molecule has 2 heterocycles. The van der Waals surface area contributed by atoms with Crippen LogP contribution in [-0.4, -0.2) is 30.7 Å². The fourth-order valence-corrected chi connectivity index (χ4v) is 3.44. The molecule has 108 valence electrons. The molecule has 0 bridgehead atoms. The van der Waals surface area contributed by atoms with Crippen molar-refractivity contribution in [3.05, 3.63) is 27.3 Å². The summed E-state index contributed by atoms with van der Waals surface area (Å²) in [5.41, 5.74) is 1.42. The molecule has 1 aromatic rings. The van der Waals surface area contributed by atoms with Crippen LogP contribution in [0.4, 0.5) is 0 Å². The Morgan fingerprint density at radius 3 is 2.90 bits per heavy atom. The van der Waals surface area contributed by atoms with Crippen LogP contribution in [0, 0.1) is 3.57 Å². The van der Waals surface area contributed by atoms with E-state index in [1.807, 2.05) is 6.92 Å². The zero-order valence-electron chi connectivity index (χ0n) is 11.5. The molecule has 0 radical (unpaired) electrons. The summed E-state index contributed by atoms with van der Waals surface area (Å²) in [7, 11) is 0. The predicted molar refractivity (Wildman–Crippen MR) is 83.5 cm³/mol. The fourth-order valence-electron chi connectivity index (χ4n) is 2.98. The first-order valence-electron chi connectivity index (χ1n) is 7.01. The zero-order chi connectivity index (χ0) is 14.2. The van der Waals surface area contributed by atoms with Gasteiger partial charge in [-0.05, 0) is 47.6 Å². The molecular weight excluding hydrogens is 369 g/mol. The van der Waals surface area contributed by atoms with Gasteiger partial charge in [-0.15, -0.1) is 5.06 Å². The number of ether oxygens (including phenoxy) is 1. The summed E-state index contributed by atoms with van der Waals surface area (Å²) in [6.07, 6.45) is 2.36. The van der Waals surface area contributed by atoms with E-state index in [9.17, 15) is 4.79 Å². The van der Waals surface area contributed by atoms with Crippen LogP contribution in [-0.2, 0) is 15.0 Å². The maximum absolute atomic E-state index is 11.3. The molecule has 20 heavy (non-hydrogen) atoms. The van der Waals surface area contributed by atoms with Crippen molar-refractivity contribution >= 4 is 28.6 Å². The Hall–Kier alpha value is -0.820. The van der Waals surface area contributed by atoms with Crippen LogP contribution in [0.5, 0.6) is 5.75 Å². The van der Waals surface area contributed by atoms with Gasteiger partial charge in [0.05, 0.1) is 6.61 Å². The molecular formula is C15H18INO3. The minimum atomic E-state index is -0.154. The lowest BCUT2D eigenvalue weighted by Crippen LogP contribution is -2.44. The lowest BCUT2D eigenvalue weighted by atomic mass is 9.75. The zero-order valence-corrected chi connectivity index (χ0v) is 13.7. The smallest absolute Gasteiger partial charge is 0.324 e. The van der Waals surface area contributed by atoms with Gasteiger partial charge in [-0.3, -0.25) is 4.79 Å². The molecule has 0 N–H and O–H groups in total. The van der Waals surface area contributed by atoms with E-state index in [0.717, 1.165) is 38.3 Å². The van der Waals surface area contributed by atoms with Crippen molar-refractivity contribution in [3.8, 4) is 5.75 Å². The molecule has 3 rings (SSSR count). The Morgan fingerprint density at radius 1 is 1.45 bits per heavy atom. The number of halogens is 1. The van der Waals surface area contributed by atoms with E-state index in [0.29, 0.717) is 6.42 Å².